The van der Waals surface area contributed by atoms with Crippen molar-refractivity contribution >= 4 is 5.78 Å². The van der Waals surface area contributed by atoms with Crippen molar-refractivity contribution in [2.45, 2.75) is 32.1 Å². The second-order valence-corrected chi connectivity index (χ2v) is 6.63. The fourth-order valence-corrected chi connectivity index (χ4v) is 3.51. The Bertz CT molecular complexity index is 795. The number of carbonyl (C=O) groups excluding carboxylic acids is 1. The van der Waals surface area contributed by atoms with Gasteiger partial charge >= 0.3 is 0 Å². The van der Waals surface area contributed by atoms with E-state index in [0.29, 0.717) is 24.5 Å². The van der Waals surface area contributed by atoms with E-state index in [9.17, 15) is 4.79 Å². The number of oxazole rings is 1. The predicted octanol–water partition coefficient (Wildman–Crippen LogP) is 5.31. The van der Waals surface area contributed by atoms with E-state index in [1.807, 2.05) is 60.7 Å². The zero-order valence-electron chi connectivity index (χ0n) is 14.2. The summed E-state index contributed by atoms with van der Waals surface area (Å²) in [6.45, 7) is 0. The minimum absolute atomic E-state index is 0.0552. The van der Waals surface area contributed by atoms with Gasteiger partial charge < -0.3 is 4.42 Å². The van der Waals surface area contributed by atoms with Crippen molar-refractivity contribution in [3.63, 3.8) is 0 Å². The van der Waals surface area contributed by atoms with E-state index in [2.05, 4.69) is 0 Å². The molecule has 1 fully saturated rings. The molecule has 126 valence electrons. The smallest absolute Gasteiger partial charge is 0.196 e. The van der Waals surface area contributed by atoms with Crippen LogP contribution in [0.1, 0.15) is 31.6 Å². The van der Waals surface area contributed by atoms with Crippen molar-refractivity contribution in [1.82, 2.24) is 4.98 Å². The van der Waals surface area contributed by atoms with Gasteiger partial charge in [-0.1, -0.05) is 67.1 Å². The van der Waals surface area contributed by atoms with Gasteiger partial charge in [0.25, 0.3) is 0 Å². The average Bonchev–Trinajstić information content (AvgIpc) is 3.09. The second-order valence-electron chi connectivity index (χ2n) is 6.63. The van der Waals surface area contributed by atoms with Crippen molar-refractivity contribution in [2.24, 2.45) is 5.92 Å². The van der Waals surface area contributed by atoms with Crippen LogP contribution in [0.25, 0.3) is 22.6 Å². The van der Waals surface area contributed by atoms with Crippen LogP contribution in [0.3, 0.4) is 0 Å². The maximum atomic E-state index is 12.2. The molecule has 4 rings (SSSR count). The number of ketones is 1. The summed E-state index contributed by atoms with van der Waals surface area (Å²) in [5, 5.41) is 0. The first-order valence-corrected chi connectivity index (χ1v) is 8.94. The first kappa shape index (κ1) is 15.8. The fourth-order valence-electron chi connectivity index (χ4n) is 3.51. The minimum Gasteiger partial charge on any atom is -0.440 e. The highest BCUT2D eigenvalue weighted by Crippen LogP contribution is 2.34. The molecule has 3 nitrogen and oxygen atoms in total. The maximum absolute atomic E-state index is 12.2. The van der Waals surface area contributed by atoms with Gasteiger partial charge in [-0.3, -0.25) is 4.79 Å². The summed E-state index contributed by atoms with van der Waals surface area (Å²) < 4.78 is 6.14. The van der Waals surface area contributed by atoms with Crippen LogP contribution < -0.4 is 0 Å². The molecule has 0 spiro atoms. The van der Waals surface area contributed by atoms with Crippen LogP contribution in [0.2, 0.25) is 0 Å². The second kappa shape index (κ2) is 7.06. The highest BCUT2D eigenvalue weighted by atomic mass is 16.4. The van der Waals surface area contributed by atoms with Crippen LogP contribution in [0, 0.1) is 5.92 Å². The normalized spacial score (nSPS) is 17.6. The molecule has 25 heavy (non-hydrogen) atoms. The monoisotopic (exact) mass is 331 g/mol. The van der Waals surface area contributed by atoms with E-state index in [0.717, 1.165) is 41.8 Å². The number of hydrogen-bond acceptors (Lipinski definition) is 3. The topological polar surface area (TPSA) is 43.1 Å². The number of carbonyl (C=O) groups is 1. The molecular formula is C22H21NO2. The van der Waals surface area contributed by atoms with Crippen LogP contribution in [-0.4, -0.2) is 10.8 Å². The third-order valence-corrected chi connectivity index (χ3v) is 4.86. The molecule has 2 aromatic carbocycles. The molecular weight excluding hydrogens is 310 g/mol. The zero-order chi connectivity index (χ0) is 17.1. The molecule has 3 heteroatoms. The Morgan fingerprint density at radius 1 is 0.920 bits per heavy atom. The van der Waals surface area contributed by atoms with Crippen molar-refractivity contribution in [2.75, 3.05) is 0 Å². The summed E-state index contributed by atoms with van der Waals surface area (Å²) in [6, 6.07) is 20.1. The van der Waals surface area contributed by atoms with Crippen molar-refractivity contribution in [1.29, 1.82) is 0 Å². The van der Waals surface area contributed by atoms with Gasteiger partial charge in [-0.2, -0.15) is 0 Å². The van der Waals surface area contributed by atoms with E-state index in [4.69, 9.17) is 9.40 Å². The zero-order valence-corrected chi connectivity index (χ0v) is 14.2. The summed E-state index contributed by atoms with van der Waals surface area (Å²) in [5.41, 5.74) is 2.89. The van der Waals surface area contributed by atoms with Gasteiger partial charge in [-0.05, 0) is 12.8 Å². The first-order valence-electron chi connectivity index (χ1n) is 8.94. The Balaban J connectivity index is 1.72. The van der Waals surface area contributed by atoms with Crippen molar-refractivity contribution in [3.05, 3.63) is 66.6 Å². The molecule has 0 radical (unpaired) electrons. The molecule has 0 saturated heterocycles. The molecule has 1 aliphatic carbocycles. The highest BCUT2D eigenvalue weighted by molar-refractivity contribution is 5.82. The Hall–Kier alpha value is -2.68. The lowest BCUT2D eigenvalue weighted by atomic mass is 9.86. The molecule has 1 unspecified atom stereocenters. The Labute approximate surface area is 147 Å². The van der Waals surface area contributed by atoms with Gasteiger partial charge in [0.15, 0.2) is 11.7 Å². The molecule has 1 saturated carbocycles. The number of benzene rings is 2. The molecule has 0 N–H and O–H groups in total. The lowest BCUT2D eigenvalue weighted by molar-refractivity contribution is -0.124. The SMILES string of the molecule is O=C1CCCCC1Cc1nc(-c2ccccc2)c(-c2ccccc2)o1. The Morgan fingerprint density at radius 3 is 2.28 bits per heavy atom. The standard InChI is InChI=1S/C22H21NO2/c24-19-14-8-7-13-18(19)15-20-23-21(16-9-3-1-4-10-16)22(25-20)17-11-5-2-6-12-17/h1-6,9-12,18H,7-8,13-15H2. The van der Waals surface area contributed by atoms with E-state index >= 15 is 0 Å². The van der Waals surface area contributed by atoms with Gasteiger partial charge in [0.2, 0.25) is 0 Å². The van der Waals surface area contributed by atoms with E-state index in [1.54, 1.807) is 0 Å². The van der Waals surface area contributed by atoms with E-state index in [1.165, 1.54) is 0 Å². The Kier molecular flexibility index (Phi) is 4.47. The van der Waals surface area contributed by atoms with Gasteiger partial charge in [0, 0.05) is 29.9 Å². The molecule has 3 aromatic rings. The third kappa shape index (κ3) is 3.41. The Morgan fingerprint density at radius 2 is 1.60 bits per heavy atom. The summed E-state index contributed by atoms with van der Waals surface area (Å²) in [6.07, 6.45) is 4.39. The highest BCUT2D eigenvalue weighted by Gasteiger charge is 2.26. The summed E-state index contributed by atoms with van der Waals surface area (Å²) >= 11 is 0. The summed E-state index contributed by atoms with van der Waals surface area (Å²) in [5.74, 6) is 1.86. The molecule has 1 atom stereocenters. The van der Waals surface area contributed by atoms with E-state index < -0.39 is 0 Å². The van der Waals surface area contributed by atoms with Crippen LogP contribution in [0.15, 0.2) is 65.1 Å². The molecule has 1 aromatic heterocycles. The fraction of sp³-hybridized carbons (Fsp3) is 0.273. The maximum Gasteiger partial charge on any atom is 0.196 e. The van der Waals surface area contributed by atoms with E-state index in [-0.39, 0.29) is 5.92 Å². The number of rotatable bonds is 4. The van der Waals surface area contributed by atoms with Crippen molar-refractivity contribution in [3.8, 4) is 22.6 Å². The van der Waals surface area contributed by atoms with Gasteiger partial charge in [-0.15, -0.1) is 0 Å². The van der Waals surface area contributed by atoms with Gasteiger partial charge in [0.05, 0.1) is 0 Å². The number of hydrogen-bond donors (Lipinski definition) is 0. The average molecular weight is 331 g/mol. The lowest BCUT2D eigenvalue weighted by Gasteiger charge is -2.18. The van der Waals surface area contributed by atoms with Crippen LogP contribution >= 0.6 is 0 Å². The van der Waals surface area contributed by atoms with Crippen LogP contribution in [0.4, 0.5) is 0 Å². The molecule has 0 bridgehead atoms. The largest absolute Gasteiger partial charge is 0.440 e. The van der Waals surface area contributed by atoms with Crippen molar-refractivity contribution < 1.29 is 9.21 Å². The summed E-state index contributed by atoms with van der Waals surface area (Å²) in [4.78, 5) is 16.9. The molecule has 0 amide bonds. The number of nitrogens with zero attached hydrogens (tertiary/aromatic N) is 1. The van der Waals surface area contributed by atoms with Gasteiger partial charge in [0.1, 0.15) is 11.5 Å². The first-order chi connectivity index (χ1) is 12.3. The van der Waals surface area contributed by atoms with Gasteiger partial charge in [-0.25, -0.2) is 4.98 Å². The number of Topliss-reactive ketones (excluding diaryl/α,β-unsaturated/α-hetero) is 1. The van der Waals surface area contributed by atoms with Crippen LogP contribution in [0.5, 0.6) is 0 Å². The molecule has 0 aliphatic heterocycles. The van der Waals surface area contributed by atoms with Crippen LogP contribution in [-0.2, 0) is 11.2 Å². The summed E-state index contributed by atoms with van der Waals surface area (Å²) in [7, 11) is 0. The molecule has 1 heterocycles. The number of aromatic nitrogens is 1. The minimum atomic E-state index is 0.0552. The quantitative estimate of drug-likeness (QED) is 0.650. The predicted molar refractivity (Wildman–Crippen MR) is 98.0 cm³/mol. The molecule has 1 aliphatic rings. The lowest BCUT2D eigenvalue weighted by Crippen LogP contribution is -2.21. The third-order valence-electron chi connectivity index (χ3n) is 4.86.